The Kier molecular flexibility index (Phi) is 5.47. The SMILES string of the molecule is CC(C)(F)c1cc(Oc2c(Cl)cc(-n3nc(C#N)c(=O)[nH]c3=O)cc2Cl)n[nH]c1=O. The summed E-state index contributed by atoms with van der Waals surface area (Å²) in [6, 6.07) is 5.14. The second kappa shape index (κ2) is 7.74. The second-order valence-corrected chi connectivity index (χ2v) is 7.21. The van der Waals surface area contributed by atoms with Gasteiger partial charge in [0, 0.05) is 6.07 Å². The molecule has 154 valence electrons. The first-order chi connectivity index (χ1) is 14.0. The van der Waals surface area contributed by atoms with Crippen LogP contribution in [0.25, 0.3) is 5.69 Å². The van der Waals surface area contributed by atoms with Crippen LogP contribution >= 0.6 is 23.2 Å². The maximum atomic E-state index is 14.2. The monoisotopic (exact) mass is 452 g/mol. The van der Waals surface area contributed by atoms with Gasteiger partial charge in [-0.2, -0.15) is 9.94 Å². The van der Waals surface area contributed by atoms with Gasteiger partial charge in [0.2, 0.25) is 11.6 Å². The molecule has 0 saturated heterocycles. The minimum absolute atomic E-state index is 0.0371. The topological polar surface area (TPSA) is 147 Å². The molecule has 0 bridgehead atoms. The van der Waals surface area contributed by atoms with E-state index in [0.29, 0.717) is 0 Å². The lowest BCUT2D eigenvalue weighted by atomic mass is 10.0. The van der Waals surface area contributed by atoms with Gasteiger partial charge in [0.15, 0.2) is 5.75 Å². The number of ether oxygens (including phenoxy) is 1. The number of nitriles is 1. The fourth-order valence-electron chi connectivity index (χ4n) is 2.40. The number of nitrogens with one attached hydrogen (secondary N) is 2. The van der Waals surface area contributed by atoms with Crippen molar-refractivity contribution in [2.45, 2.75) is 19.5 Å². The minimum atomic E-state index is -1.96. The van der Waals surface area contributed by atoms with Crippen LogP contribution in [-0.2, 0) is 5.67 Å². The van der Waals surface area contributed by atoms with Gasteiger partial charge in [0.05, 0.1) is 21.3 Å². The Labute approximate surface area is 176 Å². The molecule has 0 unspecified atom stereocenters. The smallest absolute Gasteiger partial charge is 0.349 e. The quantitative estimate of drug-likeness (QED) is 0.616. The number of H-pyrrole nitrogens is 2. The third-order valence-corrected chi connectivity index (χ3v) is 4.35. The van der Waals surface area contributed by atoms with Gasteiger partial charge in [-0.05, 0) is 26.0 Å². The predicted molar refractivity (Wildman–Crippen MR) is 104 cm³/mol. The Balaban J connectivity index is 2.06. The largest absolute Gasteiger partial charge is 0.434 e. The molecule has 10 nitrogen and oxygen atoms in total. The molecule has 0 radical (unpaired) electrons. The summed E-state index contributed by atoms with van der Waals surface area (Å²) in [5.41, 5.74) is -5.26. The molecule has 0 amide bonds. The minimum Gasteiger partial charge on any atom is -0.434 e. The third kappa shape index (κ3) is 4.10. The van der Waals surface area contributed by atoms with Crippen LogP contribution in [0.4, 0.5) is 4.39 Å². The number of aromatic amines is 2. The first kappa shape index (κ1) is 21.2. The summed E-state index contributed by atoms with van der Waals surface area (Å²) in [4.78, 5) is 37.2. The Morgan fingerprint density at radius 1 is 1.17 bits per heavy atom. The molecule has 0 atom stereocenters. The fraction of sp³-hybridized carbons (Fsp3) is 0.176. The summed E-state index contributed by atoms with van der Waals surface area (Å²) >= 11 is 12.4. The number of alkyl halides is 1. The zero-order valence-corrected chi connectivity index (χ0v) is 16.8. The van der Waals surface area contributed by atoms with Crippen molar-refractivity contribution in [3.8, 4) is 23.4 Å². The molecule has 2 N–H and O–H groups in total. The molecule has 3 rings (SSSR count). The average molecular weight is 453 g/mol. The third-order valence-electron chi connectivity index (χ3n) is 3.79. The van der Waals surface area contributed by atoms with Gasteiger partial charge in [0.25, 0.3) is 11.1 Å². The van der Waals surface area contributed by atoms with E-state index >= 15 is 0 Å². The highest BCUT2D eigenvalue weighted by atomic mass is 35.5. The molecule has 0 aliphatic rings. The van der Waals surface area contributed by atoms with Gasteiger partial charge in [-0.3, -0.25) is 14.6 Å². The number of benzene rings is 1. The average Bonchev–Trinajstić information content (AvgIpc) is 2.65. The van der Waals surface area contributed by atoms with Crippen LogP contribution in [0.5, 0.6) is 11.6 Å². The number of nitrogens with zero attached hydrogens (tertiary/aromatic N) is 4. The van der Waals surface area contributed by atoms with E-state index in [2.05, 4.69) is 15.3 Å². The van der Waals surface area contributed by atoms with Gasteiger partial charge >= 0.3 is 5.69 Å². The van der Waals surface area contributed by atoms with Gasteiger partial charge in [0.1, 0.15) is 11.7 Å². The summed E-state index contributed by atoms with van der Waals surface area (Å²) in [5.74, 6) is -0.278. The van der Waals surface area contributed by atoms with Gasteiger partial charge < -0.3 is 4.74 Å². The van der Waals surface area contributed by atoms with Crippen LogP contribution in [0, 0.1) is 11.3 Å². The lowest BCUT2D eigenvalue weighted by Gasteiger charge is -2.15. The number of aromatic nitrogens is 5. The van der Waals surface area contributed by atoms with Crippen molar-refractivity contribution in [1.29, 1.82) is 5.26 Å². The lowest BCUT2D eigenvalue weighted by molar-refractivity contribution is 0.217. The summed E-state index contributed by atoms with van der Waals surface area (Å²) in [6.45, 7) is 2.39. The van der Waals surface area contributed by atoms with Crippen molar-refractivity contribution in [3.63, 3.8) is 0 Å². The molecule has 0 aliphatic carbocycles. The highest BCUT2D eigenvalue weighted by Crippen LogP contribution is 2.37. The van der Waals surface area contributed by atoms with Crippen LogP contribution in [0.2, 0.25) is 10.0 Å². The first-order valence-corrected chi connectivity index (χ1v) is 8.87. The Bertz CT molecular complexity index is 1340. The van der Waals surface area contributed by atoms with Crippen molar-refractivity contribution in [2.75, 3.05) is 0 Å². The number of hydrogen-bond donors (Lipinski definition) is 2. The predicted octanol–water partition coefficient (Wildman–Crippen LogP) is 2.18. The van der Waals surface area contributed by atoms with Crippen molar-refractivity contribution < 1.29 is 9.13 Å². The highest BCUT2D eigenvalue weighted by molar-refractivity contribution is 6.37. The molecule has 2 heterocycles. The maximum absolute atomic E-state index is 14.2. The van der Waals surface area contributed by atoms with Crippen molar-refractivity contribution in [3.05, 3.63) is 70.7 Å². The normalized spacial score (nSPS) is 11.2. The Morgan fingerprint density at radius 2 is 1.80 bits per heavy atom. The van der Waals surface area contributed by atoms with Crippen LogP contribution in [0.3, 0.4) is 0 Å². The molecular weight excluding hydrogens is 442 g/mol. The molecule has 30 heavy (non-hydrogen) atoms. The van der Waals surface area contributed by atoms with E-state index in [4.69, 9.17) is 33.2 Å². The number of rotatable bonds is 4. The molecule has 0 aliphatic heterocycles. The van der Waals surface area contributed by atoms with Gasteiger partial charge in [-0.1, -0.05) is 23.2 Å². The van der Waals surface area contributed by atoms with E-state index in [0.717, 1.165) is 10.7 Å². The maximum Gasteiger partial charge on any atom is 0.349 e. The van der Waals surface area contributed by atoms with Crippen molar-refractivity contribution in [2.24, 2.45) is 0 Å². The zero-order chi connectivity index (χ0) is 22.2. The molecule has 0 spiro atoms. The van der Waals surface area contributed by atoms with E-state index in [1.54, 1.807) is 6.07 Å². The highest BCUT2D eigenvalue weighted by Gasteiger charge is 2.24. The number of hydrogen-bond acceptors (Lipinski definition) is 7. The van der Waals surface area contributed by atoms with E-state index in [-0.39, 0.29) is 32.9 Å². The number of halogens is 3. The Hall–Kier alpha value is -3.49. The first-order valence-electron chi connectivity index (χ1n) is 8.11. The van der Waals surface area contributed by atoms with E-state index < -0.39 is 28.2 Å². The summed E-state index contributed by atoms with van der Waals surface area (Å²) < 4.78 is 20.4. The molecule has 3 aromatic rings. The molecule has 0 saturated carbocycles. The zero-order valence-electron chi connectivity index (χ0n) is 15.3. The van der Waals surface area contributed by atoms with E-state index in [1.807, 2.05) is 4.98 Å². The van der Waals surface area contributed by atoms with Crippen LogP contribution < -0.4 is 21.5 Å². The summed E-state index contributed by atoms with van der Waals surface area (Å²) in [6.07, 6.45) is 0. The van der Waals surface area contributed by atoms with E-state index in [1.165, 1.54) is 26.0 Å². The molecule has 1 aromatic carbocycles. The second-order valence-electron chi connectivity index (χ2n) is 6.39. The summed E-state index contributed by atoms with van der Waals surface area (Å²) in [5, 5.41) is 18.2. The van der Waals surface area contributed by atoms with Crippen molar-refractivity contribution >= 4 is 23.2 Å². The van der Waals surface area contributed by atoms with E-state index in [9.17, 15) is 18.8 Å². The standard InChI is InChI=1S/C17H11Cl2FN6O4/c1-17(2,20)8-5-12(23-24-14(8)27)30-13-9(18)3-7(4-10(13)19)26-16(29)22-15(28)11(6-21)25-26/h3-5H,1-2H3,(H,24,27)(H,22,28,29). The molecular formula is C17H11Cl2FN6O4. The van der Waals surface area contributed by atoms with Crippen LogP contribution in [-0.4, -0.2) is 25.0 Å². The summed E-state index contributed by atoms with van der Waals surface area (Å²) in [7, 11) is 0. The molecule has 0 fully saturated rings. The molecule has 13 heteroatoms. The van der Waals surface area contributed by atoms with Gasteiger partial charge in [-0.15, -0.1) is 10.2 Å². The van der Waals surface area contributed by atoms with Crippen LogP contribution in [0.15, 0.2) is 32.6 Å². The van der Waals surface area contributed by atoms with Crippen molar-refractivity contribution in [1.82, 2.24) is 25.0 Å². The van der Waals surface area contributed by atoms with Gasteiger partial charge in [-0.25, -0.2) is 14.3 Å². The Morgan fingerprint density at radius 3 is 2.37 bits per heavy atom. The molecule has 2 aromatic heterocycles. The lowest BCUT2D eigenvalue weighted by Crippen LogP contribution is -2.33. The fourth-order valence-corrected chi connectivity index (χ4v) is 2.95. The van der Waals surface area contributed by atoms with Crippen LogP contribution in [0.1, 0.15) is 25.1 Å².